The minimum Gasteiger partial charge on any atom is -0.266 e. The fourth-order valence-corrected chi connectivity index (χ4v) is 5.43. The van der Waals surface area contributed by atoms with Crippen molar-refractivity contribution < 1.29 is 70.9 Å². The summed E-state index contributed by atoms with van der Waals surface area (Å²) in [5.74, 6) is -6.30. The molecule has 20 heteroatoms. The van der Waals surface area contributed by atoms with Crippen molar-refractivity contribution in [3.63, 3.8) is 0 Å². The molecule has 0 spiro atoms. The zero-order valence-electron chi connectivity index (χ0n) is 23.2. The minimum absolute atomic E-state index is 0.0900. The van der Waals surface area contributed by atoms with Crippen LogP contribution in [0.3, 0.4) is 0 Å². The molecule has 2 aliphatic rings. The summed E-state index contributed by atoms with van der Waals surface area (Å²) in [6, 6.07) is 1.53. The Labute approximate surface area is 250 Å². The number of carbonyl (C=O) groups excluding carboxylic acids is 4. The summed E-state index contributed by atoms with van der Waals surface area (Å²) in [5.41, 5.74) is -12.0. The van der Waals surface area contributed by atoms with Gasteiger partial charge in [-0.15, -0.1) is 18.7 Å². The maximum Gasteiger partial charge on any atom is 0.411 e. The first-order valence-corrected chi connectivity index (χ1v) is 15.4. The first-order chi connectivity index (χ1) is 20.4. The Hall–Kier alpha value is -3.88. The summed E-state index contributed by atoms with van der Waals surface area (Å²) in [4.78, 5) is 51.0. The maximum absolute atomic E-state index is 14.8. The largest absolute Gasteiger partial charge is 0.411 e. The summed E-state index contributed by atoms with van der Waals surface area (Å²) in [5, 5.41) is -3.23. The summed E-state index contributed by atoms with van der Waals surface area (Å²) in [6.45, 7) is 4.43. The number of amides is 4. The lowest BCUT2D eigenvalue weighted by atomic mass is 9.71. The van der Waals surface area contributed by atoms with Gasteiger partial charge in [-0.2, -0.15) is 43.2 Å². The van der Waals surface area contributed by atoms with Crippen LogP contribution in [0.25, 0.3) is 0 Å². The predicted molar refractivity (Wildman–Crippen MR) is 137 cm³/mol. The van der Waals surface area contributed by atoms with Gasteiger partial charge in [0.1, 0.15) is 0 Å². The Balaban J connectivity index is 1.91. The molecule has 0 saturated heterocycles. The van der Waals surface area contributed by atoms with Crippen molar-refractivity contribution in [1.29, 1.82) is 0 Å². The Morgan fingerprint density at radius 1 is 0.556 bits per heavy atom. The van der Waals surface area contributed by atoms with E-state index in [0.717, 1.165) is 27.7 Å². The number of carbonyl (C=O) groups is 4. The molecule has 0 unspecified atom stereocenters. The van der Waals surface area contributed by atoms with E-state index in [1.54, 1.807) is 0 Å². The maximum atomic E-state index is 14.8. The zero-order valence-corrected chi connectivity index (χ0v) is 24.8. The number of rotatable bonds is 8. The standard InChI is InChI=1S/C25H20F6N2O10S2/c1-11(2)44(38,39)42-32-19(34)15-7-5-13(9-17(15)21(32)36)23(24(26,27)28,25(29,30)31)14-6-8-16-18(10-14)22(37)33(20(16)35)43-45(40,41)12(3)4/h5-12H,1-4H3. The van der Waals surface area contributed by atoms with E-state index in [-0.39, 0.29) is 34.4 Å². The van der Waals surface area contributed by atoms with Crippen molar-refractivity contribution in [2.75, 3.05) is 0 Å². The number of hydroxylamine groups is 4. The fraction of sp³-hybridized carbons (Fsp3) is 0.360. The molecule has 0 bridgehead atoms. The van der Waals surface area contributed by atoms with Gasteiger partial charge in [0.2, 0.25) is 5.41 Å². The smallest absolute Gasteiger partial charge is 0.266 e. The quantitative estimate of drug-likeness (QED) is 0.296. The fourth-order valence-electron chi connectivity index (χ4n) is 4.40. The highest BCUT2D eigenvalue weighted by molar-refractivity contribution is 7.87. The molecule has 4 amide bonds. The molecule has 0 fully saturated rings. The van der Waals surface area contributed by atoms with E-state index < -0.39 is 106 Å². The van der Waals surface area contributed by atoms with E-state index in [0.29, 0.717) is 12.1 Å². The second kappa shape index (κ2) is 10.6. The van der Waals surface area contributed by atoms with E-state index in [1.165, 1.54) is 0 Å². The third kappa shape index (κ3) is 5.18. The van der Waals surface area contributed by atoms with Crippen LogP contribution in [0.4, 0.5) is 26.3 Å². The van der Waals surface area contributed by atoms with E-state index in [9.17, 15) is 62.4 Å². The normalized spacial score (nSPS) is 16.4. The minimum atomic E-state index is -6.28. The molecule has 45 heavy (non-hydrogen) atoms. The topological polar surface area (TPSA) is 161 Å². The molecule has 0 N–H and O–H groups in total. The number of hydrogen-bond acceptors (Lipinski definition) is 10. The van der Waals surface area contributed by atoms with Crippen LogP contribution in [0.5, 0.6) is 0 Å². The third-order valence-electron chi connectivity index (χ3n) is 6.93. The van der Waals surface area contributed by atoms with Gasteiger partial charge in [-0.05, 0) is 63.1 Å². The Bertz CT molecular complexity index is 1730. The molecule has 244 valence electrons. The van der Waals surface area contributed by atoms with Crippen molar-refractivity contribution in [2.45, 2.75) is 56.0 Å². The Morgan fingerprint density at radius 3 is 1.11 bits per heavy atom. The highest BCUT2D eigenvalue weighted by Crippen LogP contribution is 2.57. The number of alkyl halides is 6. The molecule has 0 saturated carbocycles. The van der Waals surface area contributed by atoms with Crippen LogP contribution in [-0.2, 0) is 34.2 Å². The molecule has 0 aliphatic carbocycles. The molecule has 12 nitrogen and oxygen atoms in total. The summed E-state index contributed by atoms with van der Waals surface area (Å²) in [6.07, 6.45) is -12.6. The van der Waals surface area contributed by atoms with Crippen LogP contribution in [0, 0.1) is 0 Å². The molecule has 2 aromatic rings. The van der Waals surface area contributed by atoms with Crippen LogP contribution < -0.4 is 0 Å². The summed E-state index contributed by atoms with van der Waals surface area (Å²) < 4.78 is 146. The lowest BCUT2D eigenvalue weighted by molar-refractivity contribution is -0.288. The zero-order chi connectivity index (χ0) is 34.2. The number of nitrogens with zero attached hydrogens (tertiary/aromatic N) is 2. The van der Waals surface area contributed by atoms with Gasteiger partial charge in [-0.3, -0.25) is 19.2 Å². The van der Waals surface area contributed by atoms with Crippen LogP contribution in [0.2, 0.25) is 0 Å². The average molecular weight is 687 g/mol. The number of benzene rings is 2. The van der Waals surface area contributed by atoms with Gasteiger partial charge in [0, 0.05) is 0 Å². The Morgan fingerprint density at radius 2 is 0.844 bits per heavy atom. The van der Waals surface area contributed by atoms with Crippen LogP contribution in [-0.4, -0.2) is 73.4 Å². The summed E-state index contributed by atoms with van der Waals surface area (Å²) >= 11 is 0. The van der Waals surface area contributed by atoms with Gasteiger partial charge in [0.15, 0.2) is 0 Å². The number of halogens is 6. The van der Waals surface area contributed by atoms with Gasteiger partial charge in [-0.25, -0.2) is 0 Å². The second-order valence-electron chi connectivity index (χ2n) is 10.3. The molecule has 2 heterocycles. The van der Waals surface area contributed by atoms with Crippen LogP contribution in [0.15, 0.2) is 36.4 Å². The molecule has 2 aliphatic heterocycles. The van der Waals surface area contributed by atoms with Gasteiger partial charge in [-0.1, -0.05) is 12.1 Å². The molecule has 2 aromatic carbocycles. The molecular weight excluding hydrogens is 666 g/mol. The van der Waals surface area contributed by atoms with E-state index in [4.69, 9.17) is 0 Å². The van der Waals surface area contributed by atoms with Crippen molar-refractivity contribution in [1.82, 2.24) is 10.1 Å². The van der Waals surface area contributed by atoms with Gasteiger partial charge in [0.25, 0.3) is 43.9 Å². The highest BCUT2D eigenvalue weighted by Gasteiger charge is 2.73. The SMILES string of the molecule is CC(C)S(=O)(=O)ON1C(=O)c2ccc(C(c3ccc4c(c3)C(=O)N(OS(=O)(=O)C(C)C)C4=O)(C(F)(F)F)C(F)(F)F)cc2C1=O. The highest BCUT2D eigenvalue weighted by atomic mass is 32.2. The first kappa shape index (κ1) is 34.0. The number of fused-ring (bicyclic) bond motifs is 2. The average Bonchev–Trinajstić information content (AvgIpc) is 3.26. The molecule has 0 atom stereocenters. The molecule has 0 radical (unpaired) electrons. The monoisotopic (exact) mass is 686 g/mol. The number of imide groups is 2. The first-order valence-electron chi connectivity index (χ1n) is 12.5. The lowest BCUT2D eigenvalue weighted by Crippen LogP contribution is -2.55. The van der Waals surface area contributed by atoms with E-state index in [2.05, 4.69) is 8.57 Å². The molecule has 0 aromatic heterocycles. The molecular formula is C25H20F6N2O10S2. The van der Waals surface area contributed by atoms with Gasteiger partial charge < -0.3 is 0 Å². The Kier molecular flexibility index (Phi) is 8.01. The summed E-state index contributed by atoms with van der Waals surface area (Å²) in [7, 11) is -9.23. The third-order valence-corrected chi connectivity index (χ3v) is 9.95. The second-order valence-corrected chi connectivity index (χ2v) is 14.5. The van der Waals surface area contributed by atoms with Crippen molar-refractivity contribution in [3.8, 4) is 0 Å². The van der Waals surface area contributed by atoms with Crippen molar-refractivity contribution in [3.05, 3.63) is 69.8 Å². The van der Waals surface area contributed by atoms with Crippen molar-refractivity contribution >= 4 is 43.9 Å². The predicted octanol–water partition coefficient (Wildman–Crippen LogP) is 3.63. The van der Waals surface area contributed by atoms with E-state index >= 15 is 0 Å². The van der Waals surface area contributed by atoms with Gasteiger partial charge in [0.05, 0.1) is 32.8 Å². The van der Waals surface area contributed by atoms with Crippen molar-refractivity contribution in [2.24, 2.45) is 0 Å². The van der Waals surface area contributed by atoms with Gasteiger partial charge >= 0.3 is 12.4 Å². The number of hydrogen-bond donors (Lipinski definition) is 0. The van der Waals surface area contributed by atoms with Crippen LogP contribution in [0.1, 0.15) is 80.3 Å². The molecule has 4 rings (SSSR count). The van der Waals surface area contributed by atoms with E-state index in [1.807, 2.05) is 0 Å². The van der Waals surface area contributed by atoms with Crippen LogP contribution >= 0.6 is 0 Å². The lowest BCUT2D eigenvalue weighted by Gasteiger charge is -2.38.